The number of nitrogens with two attached hydrogens (primary N) is 1. The van der Waals surface area contributed by atoms with Gasteiger partial charge in [-0.15, -0.1) is 0 Å². The Balaban J connectivity index is 2.31. The molecule has 2 aromatic carbocycles. The number of benzene rings is 2. The molecule has 0 saturated heterocycles. The van der Waals surface area contributed by atoms with Crippen LogP contribution in [0.1, 0.15) is 25.3 Å². The van der Waals surface area contributed by atoms with E-state index in [4.69, 9.17) is 15.2 Å². The Hall–Kier alpha value is -2.16. The second kappa shape index (κ2) is 5.65. The Kier molecular flexibility index (Phi) is 3.95. The number of anilines is 1. The summed E-state index contributed by atoms with van der Waals surface area (Å²) < 4.78 is 11.1. The zero-order chi connectivity index (χ0) is 13.8. The first kappa shape index (κ1) is 13.3. The Morgan fingerprint density at radius 3 is 2.42 bits per heavy atom. The summed E-state index contributed by atoms with van der Waals surface area (Å²) >= 11 is 0. The third-order valence-electron chi connectivity index (χ3n) is 2.97. The molecule has 19 heavy (non-hydrogen) atoms. The van der Waals surface area contributed by atoms with Crippen molar-refractivity contribution in [2.24, 2.45) is 0 Å². The van der Waals surface area contributed by atoms with Gasteiger partial charge in [0.25, 0.3) is 0 Å². The lowest BCUT2D eigenvalue weighted by Crippen LogP contribution is -1.95. The zero-order valence-corrected chi connectivity index (χ0v) is 11.5. The Labute approximate surface area is 114 Å². The van der Waals surface area contributed by atoms with E-state index in [1.54, 1.807) is 19.2 Å². The van der Waals surface area contributed by atoms with Gasteiger partial charge in [0.2, 0.25) is 0 Å². The molecular weight excluding hydrogens is 238 g/mol. The maximum absolute atomic E-state index is 5.93. The minimum Gasteiger partial charge on any atom is -0.494 e. The number of ether oxygens (including phenoxy) is 2. The van der Waals surface area contributed by atoms with Crippen molar-refractivity contribution in [3.63, 3.8) is 0 Å². The Morgan fingerprint density at radius 2 is 1.74 bits per heavy atom. The van der Waals surface area contributed by atoms with E-state index in [0.717, 1.165) is 11.5 Å². The first-order chi connectivity index (χ1) is 9.11. The highest BCUT2D eigenvalue weighted by Crippen LogP contribution is 2.33. The van der Waals surface area contributed by atoms with E-state index in [9.17, 15) is 0 Å². The van der Waals surface area contributed by atoms with Gasteiger partial charge in [0.05, 0.1) is 12.8 Å². The summed E-state index contributed by atoms with van der Waals surface area (Å²) in [5, 5.41) is 0. The minimum absolute atomic E-state index is 0.409. The SMILES string of the molecule is COc1cc(Oc2ccccc2C(C)C)ccc1N. The van der Waals surface area contributed by atoms with Crippen molar-refractivity contribution in [3.8, 4) is 17.2 Å². The largest absolute Gasteiger partial charge is 0.494 e. The van der Waals surface area contributed by atoms with Gasteiger partial charge in [0, 0.05) is 6.07 Å². The van der Waals surface area contributed by atoms with Gasteiger partial charge in [-0.2, -0.15) is 0 Å². The third-order valence-corrected chi connectivity index (χ3v) is 2.97. The van der Waals surface area contributed by atoms with Crippen LogP contribution in [0.4, 0.5) is 5.69 Å². The standard InChI is InChI=1S/C16H19NO2/c1-11(2)13-6-4-5-7-15(13)19-12-8-9-14(17)16(10-12)18-3/h4-11H,17H2,1-3H3. The molecule has 0 heterocycles. The average molecular weight is 257 g/mol. The molecule has 0 unspecified atom stereocenters. The number of methoxy groups -OCH3 is 1. The average Bonchev–Trinajstić information content (AvgIpc) is 2.41. The topological polar surface area (TPSA) is 44.5 Å². The smallest absolute Gasteiger partial charge is 0.145 e. The second-order valence-corrected chi connectivity index (χ2v) is 4.70. The van der Waals surface area contributed by atoms with Crippen molar-refractivity contribution >= 4 is 5.69 Å². The maximum atomic E-state index is 5.93. The van der Waals surface area contributed by atoms with Crippen LogP contribution in [0, 0.1) is 0 Å². The van der Waals surface area contributed by atoms with E-state index in [-0.39, 0.29) is 0 Å². The molecule has 0 aromatic heterocycles. The van der Waals surface area contributed by atoms with Crippen LogP contribution >= 0.6 is 0 Å². The molecule has 2 N–H and O–H groups in total. The van der Waals surface area contributed by atoms with E-state index in [1.807, 2.05) is 24.3 Å². The molecule has 0 spiro atoms. The van der Waals surface area contributed by atoms with Crippen molar-refractivity contribution in [1.82, 2.24) is 0 Å². The molecule has 0 aliphatic rings. The van der Waals surface area contributed by atoms with Crippen LogP contribution in [0.3, 0.4) is 0 Å². The lowest BCUT2D eigenvalue weighted by Gasteiger charge is -2.14. The summed E-state index contributed by atoms with van der Waals surface area (Å²) in [5.74, 6) is 2.62. The summed E-state index contributed by atoms with van der Waals surface area (Å²) in [7, 11) is 1.59. The molecule has 0 atom stereocenters. The van der Waals surface area contributed by atoms with Gasteiger partial charge in [-0.05, 0) is 29.7 Å². The first-order valence-electron chi connectivity index (χ1n) is 6.32. The number of hydrogen-bond acceptors (Lipinski definition) is 3. The van der Waals surface area contributed by atoms with E-state index in [0.29, 0.717) is 17.4 Å². The van der Waals surface area contributed by atoms with Crippen LogP contribution in [0.5, 0.6) is 17.2 Å². The minimum atomic E-state index is 0.409. The molecule has 100 valence electrons. The Bertz CT molecular complexity index is 564. The van der Waals surface area contributed by atoms with Gasteiger partial charge in [0.1, 0.15) is 17.2 Å². The molecule has 2 rings (SSSR count). The molecule has 0 amide bonds. The van der Waals surface area contributed by atoms with E-state index in [2.05, 4.69) is 19.9 Å². The highest BCUT2D eigenvalue weighted by atomic mass is 16.5. The van der Waals surface area contributed by atoms with Crippen LogP contribution in [-0.2, 0) is 0 Å². The van der Waals surface area contributed by atoms with Crippen molar-refractivity contribution in [2.45, 2.75) is 19.8 Å². The highest BCUT2D eigenvalue weighted by molar-refractivity contribution is 5.56. The monoisotopic (exact) mass is 257 g/mol. The van der Waals surface area contributed by atoms with Gasteiger partial charge in [-0.1, -0.05) is 32.0 Å². The molecule has 0 aliphatic carbocycles. The normalized spacial score (nSPS) is 10.5. The summed E-state index contributed by atoms with van der Waals surface area (Å²) in [6, 6.07) is 13.5. The van der Waals surface area contributed by atoms with Crippen LogP contribution < -0.4 is 15.2 Å². The van der Waals surface area contributed by atoms with Gasteiger partial charge < -0.3 is 15.2 Å². The fraction of sp³-hybridized carbons (Fsp3) is 0.250. The summed E-state index contributed by atoms with van der Waals surface area (Å²) in [4.78, 5) is 0. The van der Waals surface area contributed by atoms with E-state index in [1.165, 1.54) is 5.56 Å². The fourth-order valence-corrected chi connectivity index (χ4v) is 1.93. The van der Waals surface area contributed by atoms with E-state index < -0.39 is 0 Å². The fourth-order valence-electron chi connectivity index (χ4n) is 1.93. The third kappa shape index (κ3) is 2.99. The number of nitrogen functional groups attached to an aromatic ring is 1. The van der Waals surface area contributed by atoms with Crippen molar-refractivity contribution in [1.29, 1.82) is 0 Å². The molecule has 0 fully saturated rings. The Morgan fingerprint density at radius 1 is 1.00 bits per heavy atom. The molecule has 2 aromatic rings. The summed E-state index contributed by atoms with van der Waals surface area (Å²) in [6.07, 6.45) is 0. The van der Waals surface area contributed by atoms with Gasteiger partial charge in [-0.25, -0.2) is 0 Å². The van der Waals surface area contributed by atoms with Gasteiger partial charge >= 0.3 is 0 Å². The number of para-hydroxylation sites is 1. The molecule has 0 aliphatic heterocycles. The molecule has 3 nitrogen and oxygen atoms in total. The van der Waals surface area contributed by atoms with Crippen molar-refractivity contribution in [3.05, 3.63) is 48.0 Å². The van der Waals surface area contributed by atoms with E-state index >= 15 is 0 Å². The zero-order valence-electron chi connectivity index (χ0n) is 11.5. The van der Waals surface area contributed by atoms with Crippen LogP contribution in [0.2, 0.25) is 0 Å². The lowest BCUT2D eigenvalue weighted by atomic mass is 10.0. The van der Waals surface area contributed by atoms with Crippen LogP contribution in [0.25, 0.3) is 0 Å². The summed E-state index contributed by atoms with van der Waals surface area (Å²) in [5.41, 5.74) is 7.57. The molecular formula is C16H19NO2. The quantitative estimate of drug-likeness (QED) is 0.835. The first-order valence-corrected chi connectivity index (χ1v) is 6.32. The van der Waals surface area contributed by atoms with Crippen LogP contribution in [0.15, 0.2) is 42.5 Å². The molecule has 0 bridgehead atoms. The van der Waals surface area contributed by atoms with Gasteiger partial charge in [0.15, 0.2) is 0 Å². The van der Waals surface area contributed by atoms with Crippen LogP contribution in [-0.4, -0.2) is 7.11 Å². The number of rotatable bonds is 4. The highest BCUT2D eigenvalue weighted by Gasteiger charge is 2.09. The van der Waals surface area contributed by atoms with Crippen molar-refractivity contribution < 1.29 is 9.47 Å². The predicted molar refractivity (Wildman–Crippen MR) is 78.0 cm³/mol. The van der Waals surface area contributed by atoms with Gasteiger partial charge in [-0.3, -0.25) is 0 Å². The molecule has 0 radical (unpaired) electrons. The molecule has 3 heteroatoms. The second-order valence-electron chi connectivity index (χ2n) is 4.70. The summed E-state index contributed by atoms with van der Waals surface area (Å²) in [6.45, 7) is 4.29. The maximum Gasteiger partial charge on any atom is 0.145 e. The lowest BCUT2D eigenvalue weighted by molar-refractivity contribution is 0.410. The predicted octanol–water partition coefficient (Wildman–Crippen LogP) is 4.19. The van der Waals surface area contributed by atoms with Crippen molar-refractivity contribution in [2.75, 3.05) is 12.8 Å². The number of hydrogen-bond donors (Lipinski definition) is 1. The molecule has 0 saturated carbocycles.